The molecule has 3 aromatic rings. The first-order chi connectivity index (χ1) is 10.2. The highest BCUT2D eigenvalue weighted by molar-refractivity contribution is 7.10. The Balaban J connectivity index is 1.96. The van der Waals surface area contributed by atoms with Gasteiger partial charge in [0.2, 0.25) is 0 Å². The summed E-state index contributed by atoms with van der Waals surface area (Å²) in [5, 5.41) is 11.6. The van der Waals surface area contributed by atoms with Crippen LogP contribution in [-0.2, 0) is 19.9 Å². The summed E-state index contributed by atoms with van der Waals surface area (Å²) < 4.78 is 1.98. The molecule has 2 aromatic heterocycles. The summed E-state index contributed by atoms with van der Waals surface area (Å²) in [6.45, 7) is 2.22. The molecule has 0 amide bonds. The van der Waals surface area contributed by atoms with Gasteiger partial charge in [0.05, 0.1) is 11.2 Å². The smallest absolute Gasteiger partial charge is 0.0722 e. The zero-order valence-corrected chi connectivity index (χ0v) is 13.6. The van der Waals surface area contributed by atoms with Crippen molar-refractivity contribution in [2.45, 2.75) is 25.8 Å². The van der Waals surface area contributed by atoms with Crippen LogP contribution in [0.4, 0.5) is 0 Å². The summed E-state index contributed by atoms with van der Waals surface area (Å²) in [6.07, 6.45) is 2.01. The Labute approximate surface area is 129 Å². The highest BCUT2D eigenvalue weighted by Gasteiger charge is 2.18. The number of hydrogen-bond acceptors (Lipinski definition) is 3. The fraction of sp³-hybridized carbons (Fsp3) is 0.353. The number of nitrogens with zero attached hydrogens (tertiary/aromatic N) is 2. The van der Waals surface area contributed by atoms with Gasteiger partial charge in [0.25, 0.3) is 0 Å². The second-order valence-electron chi connectivity index (χ2n) is 5.30. The van der Waals surface area contributed by atoms with Crippen molar-refractivity contribution in [3.05, 3.63) is 51.8 Å². The Morgan fingerprint density at radius 3 is 2.86 bits per heavy atom. The average Bonchev–Trinajstić information content (AvgIpc) is 3.10. The van der Waals surface area contributed by atoms with Gasteiger partial charge in [-0.05, 0) is 36.5 Å². The number of likely N-dealkylation sites (N-methyl/N-ethyl adjacent to an activating group) is 1. The van der Waals surface area contributed by atoms with E-state index in [4.69, 9.17) is 5.10 Å². The zero-order chi connectivity index (χ0) is 14.8. The number of para-hydroxylation sites is 1. The molecule has 0 aliphatic carbocycles. The van der Waals surface area contributed by atoms with Gasteiger partial charge >= 0.3 is 0 Å². The molecule has 3 rings (SSSR count). The van der Waals surface area contributed by atoms with E-state index in [1.807, 2.05) is 30.1 Å². The van der Waals surface area contributed by atoms with Crippen molar-refractivity contribution in [2.75, 3.05) is 7.05 Å². The quantitative estimate of drug-likeness (QED) is 0.778. The van der Waals surface area contributed by atoms with Gasteiger partial charge in [-0.2, -0.15) is 5.10 Å². The molecule has 0 radical (unpaired) electrons. The van der Waals surface area contributed by atoms with E-state index in [0.29, 0.717) is 6.04 Å². The van der Waals surface area contributed by atoms with Gasteiger partial charge in [0, 0.05) is 29.8 Å². The highest BCUT2D eigenvalue weighted by Crippen LogP contribution is 2.29. The predicted octanol–water partition coefficient (Wildman–Crippen LogP) is 3.70. The van der Waals surface area contributed by atoms with Crippen LogP contribution in [0.5, 0.6) is 0 Å². The number of aryl methyl sites for hydroxylation is 2. The van der Waals surface area contributed by atoms with Gasteiger partial charge < -0.3 is 5.32 Å². The summed E-state index contributed by atoms with van der Waals surface area (Å²) in [4.78, 5) is 1.44. The lowest BCUT2D eigenvalue weighted by atomic mass is 10.0. The van der Waals surface area contributed by atoms with Crippen LogP contribution in [0.1, 0.15) is 29.1 Å². The van der Waals surface area contributed by atoms with E-state index in [0.717, 1.165) is 12.8 Å². The van der Waals surface area contributed by atoms with E-state index in [-0.39, 0.29) is 0 Å². The van der Waals surface area contributed by atoms with Gasteiger partial charge in [0.1, 0.15) is 0 Å². The molecular weight excluding hydrogens is 278 g/mol. The SMILES string of the molecule is CCc1ccsc1C(Cc1nn(C)c2ccccc12)NC. The first-order valence-electron chi connectivity index (χ1n) is 7.38. The van der Waals surface area contributed by atoms with E-state index in [1.54, 1.807) is 0 Å². The number of benzene rings is 1. The largest absolute Gasteiger partial charge is 0.312 e. The van der Waals surface area contributed by atoms with Gasteiger partial charge in [-0.3, -0.25) is 4.68 Å². The number of nitrogens with one attached hydrogen (secondary N) is 1. The first-order valence-corrected chi connectivity index (χ1v) is 8.26. The van der Waals surface area contributed by atoms with Crippen molar-refractivity contribution in [1.29, 1.82) is 0 Å². The topological polar surface area (TPSA) is 29.9 Å². The molecule has 0 aliphatic rings. The molecule has 4 heteroatoms. The van der Waals surface area contributed by atoms with E-state index < -0.39 is 0 Å². The molecule has 1 atom stereocenters. The van der Waals surface area contributed by atoms with Crippen LogP contribution in [0.25, 0.3) is 10.9 Å². The third-order valence-corrected chi connectivity index (χ3v) is 5.13. The van der Waals surface area contributed by atoms with Crippen LogP contribution in [0.15, 0.2) is 35.7 Å². The first kappa shape index (κ1) is 14.3. The molecule has 0 fully saturated rings. The second-order valence-corrected chi connectivity index (χ2v) is 6.24. The molecule has 1 N–H and O–H groups in total. The monoisotopic (exact) mass is 299 g/mol. The Morgan fingerprint density at radius 2 is 2.10 bits per heavy atom. The van der Waals surface area contributed by atoms with Crippen LogP contribution < -0.4 is 5.32 Å². The zero-order valence-electron chi connectivity index (χ0n) is 12.8. The van der Waals surface area contributed by atoms with Crippen molar-refractivity contribution in [3.63, 3.8) is 0 Å². The Hall–Kier alpha value is -1.65. The van der Waals surface area contributed by atoms with Crippen molar-refractivity contribution < 1.29 is 0 Å². The number of fused-ring (bicyclic) bond motifs is 1. The van der Waals surface area contributed by atoms with Gasteiger partial charge in [-0.25, -0.2) is 0 Å². The predicted molar refractivity (Wildman–Crippen MR) is 89.9 cm³/mol. The number of hydrogen-bond donors (Lipinski definition) is 1. The molecule has 2 heterocycles. The lowest BCUT2D eigenvalue weighted by Gasteiger charge is -2.15. The van der Waals surface area contributed by atoms with Gasteiger partial charge in [0.15, 0.2) is 0 Å². The molecule has 1 unspecified atom stereocenters. The normalized spacial score (nSPS) is 12.9. The molecule has 0 saturated heterocycles. The minimum atomic E-state index is 0.332. The van der Waals surface area contributed by atoms with Crippen LogP contribution in [0.3, 0.4) is 0 Å². The number of aromatic nitrogens is 2. The molecule has 0 bridgehead atoms. The Bertz CT molecular complexity index is 741. The van der Waals surface area contributed by atoms with Crippen molar-refractivity contribution in [2.24, 2.45) is 7.05 Å². The number of rotatable bonds is 5. The maximum Gasteiger partial charge on any atom is 0.0722 e. The lowest BCUT2D eigenvalue weighted by Crippen LogP contribution is -2.19. The van der Waals surface area contributed by atoms with Crippen LogP contribution in [-0.4, -0.2) is 16.8 Å². The van der Waals surface area contributed by atoms with Crippen LogP contribution >= 0.6 is 11.3 Å². The molecule has 1 aromatic carbocycles. The third-order valence-electron chi connectivity index (χ3n) is 4.06. The third kappa shape index (κ3) is 2.61. The Kier molecular flexibility index (Phi) is 4.08. The lowest BCUT2D eigenvalue weighted by molar-refractivity contribution is 0.584. The standard InChI is InChI=1S/C17H21N3S/c1-4-12-9-10-21-17(12)15(18-2)11-14-13-7-5-6-8-16(13)20(3)19-14/h5-10,15,18H,4,11H2,1-3H3. The fourth-order valence-corrected chi connectivity index (χ4v) is 4.01. The summed E-state index contributed by atoms with van der Waals surface area (Å²) in [7, 11) is 4.05. The highest BCUT2D eigenvalue weighted by atomic mass is 32.1. The van der Waals surface area contributed by atoms with E-state index in [1.165, 1.54) is 27.0 Å². The van der Waals surface area contributed by atoms with E-state index >= 15 is 0 Å². The van der Waals surface area contributed by atoms with Crippen molar-refractivity contribution in [1.82, 2.24) is 15.1 Å². The second kappa shape index (κ2) is 6.00. The molecular formula is C17H21N3S. The summed E-state index contributed by atoms with van der Waals surface area (Å²) in [5.74, 6) is 0. The van der Waals surface area contributed by atoms with Gasteiger partial charge in [-0.15, -0.1) is 11.3 Å². The number of thiophene rings is 1. The van der Waals surface area contributed by atoms with Crippen molar-refractivity contribution >= 4 is 22.2 Å². The summed E-state index contributed by atoms with van der Waals surface area (Å²) in [5.41, 5.74) is 3.81. The minimum Gasteiger partial charge on any atom is -0.312 e. The van der Waals surface area contributed by atoms with Crippen molar-refractivity contribution in [3.8, 4) is 0 Å². The molecule has 0 saturated carbocycles. The van der Waals surface area contributed by atoms with Crippen LogP contribution in [0, 0.1) is 0 Å². The van der Waals surface area contributed by atoms with Crippen LogP contribution in [0.2, 0.25) is 0 Å². The minimum absolute atomic E-state index is 0.332. The van der Waals surface area contributed by atoms with Gasteiger partial charge in [-0.1, -0.05) is 25.1 Å². The molecule has 110 valence electrons. The van der Waals surface area contributed by atoms with E-state index in [2.05, 4.69) is 48.0 Å². The molecule has 3 nitrogen and oxygen atoms in total. The Morgan fingerprint density at radius 1 is 1.29 bits per heavy atom. The summed E-state index contributed by atoms with van der Waals surface area (Å²) in [6, 6.07) is 11.0. The maximum absolute atomic E-state index is 4.72. The molecule has 21 heavy (non-hydrogen) atoms. The fourth-order valence-electron chi connectivity index (χ4n) is 2.90. The molecule has 0 spiro atoms. The van der Waals surface area contributed by atoms with E-state index in [9.17, 15) is 0 Å². The maximum atomic E-state index is 4.72. The average molecular weight is 299 g/mol. The summed E-state index contributed by atoms with van der Waals surface area (Å²) >= 11 is 1.84. The molecule has 0 aliphatic heterocycles.